The Morgan fingerprint density at radius 3 is 2.68 bits per heavy atom. The molecule has 22 heavy (non-hydrogen) atoms. The summed E-state index contributed by atoms with van der Waals surface area (Å²) in [5, 5.41) is 6.01. The lowest BCUT2D eigenvalue weighted by atomic mass is 10.3. The quantitative estimate of drug-likeness (QED) is 0.899. The monoisotopic (exact) mass is 327 g/mol. The second kappa shape index (κ2) is 6.14. The van der Waals surface area contributed by atoms with Crippen LogP contribution >= 0.6 is 0 Å². The fraction of sp³-hybridized carbons (Fsp3) is 0.231. The molecule has 118 valence electrons. The molecule has 1 amide bonds. The molecular weight excluding hydrogens is 313 g/mol. The van der Waals surface area contributed by atoms with Crippen molar-refractivity contribution >= 4 is 27.4 Å². The summed E-state index contributed by atoms with van der Waals surface area (Å²) >= 11 is 0. The minimum absolute atomic E-state index is 0.00870. The van der Waals surface area contributed by atoms with Gasteiger partial charge in [0.25, 0.3) is 0 Å². The van der Waals surface area contributed by atoms with E-state index in [9.17, 15) is 17.6 Å². The van der Waals surface area contributed by atoms with Gasteiger partial charge in [-0.1, -0.05) is 11.2 Å². The summed E-state index contributed by atoms with van der Waals surface area (Å²) in [6, 6.07) is 6.68. The molecule has 2 rings (SSSR count). The first-order valence-electron chi connectivity index (χ1n) is 6.22. The third-order valence-electron chi connectivity index (χ3n) is 2.67. The van der Waals surface area contributed by atoms with Gasteiger partial charge in [-0.3, -0.25) is 4.79 Å². The number of carbonyl (C=O) groups is 1. The van der Waals surface area contributed by atoms with Crippen LogP contribution in [0, 0.1) is 12.7 Å². The van der Waals surface area contributed by atoms with Gasteiger partial charge in [-0.25, -0.2) is 17.1 Å². The Morgan fingerprint density at radius 1 is 1.41 bits per heavy atom. The van der Waals surface area contributed by atoms with Crippen molar-refractivity contribution in [2.24, 2.45) is 0 Å². The van der Waals surface area contributed by atoms with Crippen LogP contribution < -0.4 is 9.62 Å². The highest BCUT2D eigenvalue weighted by molar-refractivity contribution is 7.92. The number of aromatic nitrogens is 1. The molecule has 0 fully saturated rings. The zero-order chi connectivity index (χ0) is 16.3. The van der Waals surface area contributed by atoms with Gasteiger partial charge in [-0.05, 0) is 25.1 Å². The molecule has 0 radical (unpaired) electrons. The molecule has 2 aromatic rings. The highest BCUT2D eigenvalue weighted by atomic mass is 32.2. The molecule has 9 heteroatoms. The summed E-state index contributed by atoms with van der Waals surface area (Å²) in [5.41, 5.74) is 0.231. The number of amides is 1. The van der Waals surface area contributed by atoms with Crippen molar-refractivity contribution in [1.29, 1.82) is 0 Å². The molecule has 0 atom stereocenters. The van der Waals surface area contributed by atoms with E-state index in [-0.39, 0.29) is 11.5 Å². The van der Waals surface area contributed by atoms with Crippen molar-refractivity contribution in [3.05, 3.63) is 41.9 Å². The lowest BCUT2D eigenvalue weighted by Crippen LogP contribution is -2.37. The van der Waals surface area contributed by atoms with Crippen molar-refractivity contribution in [2.75, 3.05) is 22.4 Å². The van der Waals surface area contributed by atoms with E-state index in [1.54, 1.807) is 6.92 Å². The fourth-order valence-electron chi connectivity index (χ4n) is 1.74. The van der Waals surface area contributed by atoms with Crippen LogP contribution in [0.4, 0.5) is 15.9 Å². The standard InChI is InChI=1S/C13H14FN3O4S/c1-9-6-12(16-21-9)17(22(2,19)20)8-13(18)15-11-5-3-4-10(14)7-11/h3-7H,8H2,1-2H3,(H,15,18). The molecule has 0 unspecified atom stereocenters. The van der Waals surface area contributed by atoms with Gasteiger partial charge in [-0.15, -0.1) is 0 Å². The predicted octanol–water partition coefficient (Wildman–Crippen LogP) is 1.53. The number of nitrogens with one attached hydrogen (secondary N) is 1. The smallest absolute Gasteiger partial charge is 0.245 e. The Balaban J connectivity index is 2.16. The summed E-state index contributed by atoms with van der Waals surface area (Å²) in [6.45, 7) is 1.10. The summed E-state index contributed by atoms with van der Waals surface area (Å²) in [7, 11) is -3.72. The number of rotatable bonds is 5. The van der Waals surface area contributed by atoms with Crippen LogP contribution in [0.3, 0.4) is 0 Å². The third kappa shape index (κ3) is 4.04. The first-order valence-corrected chi connectivity index (χ1v) is 8.07. The van der Waals surface area contributed by atoms with Gasteiger partial charge in [0.15, 0.2) is 5.82 Å². The number of aryl methyl sites for hydroxylation is 1. The first-order chi connectivity index (χ1) is 10.3. The molecule has 0 spiro atoms. The first kappa shape index (κ1) is 16.0. The molecule has 0 saturated heterocycles. The van der Waals surface area contributed by atoms with E-state index in [0.29, 0.717) is 5.76 Å². The van der Waals surface area contributed by atoms with Crippen molar-refractivity contribution in [3.8, 4) is 0 Å². The van der Waals surface area contributed by atoms with E-state index >= 15 is 0 Å². The predicted molar refractivity (Wildman–Crippen MR) is 78.5 cm³/mol. The number of sulfonamides is 1. The van der Waals surface area contributed by atoms with E-state index < -0.39 is 28.3 Å². The van der Waals surface area contributed by atoms with Gasteiger partial charge >= 0.3 is 0 Å². The van der Waals surface area contributed by atoms with Crippen LogP contribution in [0.15, 0.2) is 34.9 Å². The van der Waals surface area contributed by atoms with Gasteiger partial charge in [0.1, 0.15) is 18.1 Å². The van der Waals surface area contributed by atoms with E-state index in [1.807, 2.05) is 0 Å². The zero-order valence-corrected chi connectivity index (χ0v) is 12.7. The van der Waals surface area contributed by atoms with Crippen molar-refractivity contribution in [1.82, 2.24) is 5.16 Å². The Bertz CT molecular complexity index is 788. The van der Waals surface area contributed by atoms with Crippen LogP contribution in [0.25, 0.3) is 0 Å². The molecule has 0 aliphatic carbocycles. The number of hydrogen-bond donors (Lipinski definition) is 1. The molecule has 0 aliphatic rings. The molecule has 0 aliphatic heterocycles. The fourth-order valence-corrected chi connectivity index (χ4v) is 2.51. The highest BCUT2D eigenvalue weighted by Gasteiger charge is 2.23. The second-order valence-corrected chi connectivity index (χ2v) is 6.53. The Kier molecular flexibility index (Phi) is 4.45. The Morgan fingerprint density at radius 2 is 2.14 bits per heavy atom. The van der Waals surface area contributed by atoms with Crippen molar-refractivity contribution in [3.63, 3.8) is 0 Å². The molecule has 0 bridgehead atoms. The molecule has 1 N–H and O–H groups in total. The maximum Gasteiger partial charge on any atom is 0.245 e. The largest absolute Gasteiger partial charge is 0.360 e. The van der Waals surface area contributed by atoms with Gasteiger partial charge in [0.05, 0.1) is 6.26 Å². The van der Waals surface area contributed by atoms with Crippen LogP contribution in [0.1, 0.15) is 5.76 Å². The minimum Gasteiger partial charge on any atom is -0.360 e. The summed E-state index contributed by atoms with van der Waals surface area (Å²) in [5.74, 6) is -0.717. The molecule has 0 saturated carbocycles. The maximum absolute atomic E-state index is 13.1. The SMILES string of the molecule is Cc1cc(N(CC(=O)Nc2cccc(F)c2)S(C)(=O)=O)no1. The number of nitrogens with zero attached hydrogens (tertiary/aromatic N) is 2. The number of benzene rings is 1. The molecular formula is C13H14FN3O4S. The Labute approximate surface area is 126 Å². The van der Waals surface area contributed by atoms with Crippen molar-refractivity contribution < 1.29 is 22.1 Å². The normalized spacial score (nSPS) is 11.2. The summed E-state index contributed by atoms with van der Waals surface area (Å²) in [4.78, 5) is 12.0. The average molecular weight is 327 g/mol. The number of anilines is 2. The molecule has 7 nitrogen and oxygen atoms in total. The lowest BCUT2D eigenvalue weighted by Gasteiger charge is -2.18. The maximum atomic E-state index is 13.1. The number of hydrogen-bond acceptors (Lipinski definition) is 5. The van der Waals surface area contributed by atoms with Crippen LogP contribution in [-0.2, 0) is 14.8 Å². The molecule has 1 aromatic carbocycles. The van der Waals surface area contributed by atoms with Gasteiger partial charge in [0.2, 0.25) is 15.9 Å². The lowest BCUT2D eigenvalue weighted by molar-refractivity contribution is -0.114. The van der Waals surface area contributed by atoms with Crippen LogP contribution in [-0.4, -0.2) is 32.3 Å². The van der Waals surface area contributed by atoms with Crippen molar-refractivity contribution in [2.45, 2.75) is 6.92 Å². The van der Waals surface area contributed by atoms with Gasteiger partial charge in [0, 0.05) is 11.8 Å². The number of carbonyl (C=O) groups excluding carboxylic acids is 1. The van der Waals surface area contributed by atoms with Gasteiger partial charge in [-0.2, -0.15) is 0 Å². The highest BCUT2D eigenvalue weighted by Crippen LogP contribution is 2.17. The Hall–Kier alpha value is -2.42. The number of halogens is 1. The average Bonchev–Trinajstić information content (AvgIpc) is 2.81. The molecule has 1 heterocycles. The van der Waals surface area contributed by atoms with E-state index in [4.69, 9.17) is 4.52 Å². The van der Waals surface area contributed by atoms with E-state index in [1.165, 1.54) is 24.3 Å². The minimum atomic E-state index is -3.72. The summed E-state index contributed by atoms with van der Waals surface area (Å²) in [6.07, 6.45) is 0.951. The van der Waals surface area contributed by atoms with E-state index in [2.05, 4.69) is 10.5 Å². The van der Waals surface area contributed by atoms with Crippen LogP contribution in [0.5, 0.6) is 0 Å². The van der Waals surface area contributed by atoms with E-state index in [0.717, 1.165) is 16.6 Å². The summed E-state index contributed by atoms with van der Waals surface area (Å²) < 4.78 is 42.3. The second-order valence-electron chi connectivity index (χ2n) is 4.62. The van der Waals surface area contributed by atoms with Gasteiger partial charge < -0.3 is 9.84 Å². The molecule has 1 aromatic heterocycles. The topological polar surface area (TPSA) is 92.5 Å². The zero-order valence-electron chi connectivity index (χ0n) is 11.9. The van der Waals surface area contributed by atoms with Crippen LogP contribution in [0.2, 0.25) is 0 Å². The third-order valence-corrected chi connectivity index (χ3v) is 3.78.